The number of aliphatic hydroxyl groups excluding tert-OH is 1. The Hall–Kier alpha value is -1.85. The normalized spacial score (nSPS) is 12.5. The van der Waals surface area contributed by atoms with Gasteiger partial charge in [0.05, 0.1) is 12.6 Å². The molecule has 0 aliphatic heterocycles. The molecule has 1 amide bonds. The summed E-state index contributed by atoms with van der Waals surface area (Å²) < 4.78 is 5.87. The topological polar surface area (TPSA) is 62.5 Å². The van der Waals surface area contributed by atoms with Crippen molar-refractivity contribution in [2.45, 2.75) is 12.5 Å². The minimum Gasteiger partial charge on any atom is -0.450 e. The number of furan rings is 1. The van der Waals surface area contributed by atoms with Crippen LogP contribution < -0.4 is 5.32 Å². The van der Waals surface area contributed by atoms with E-state index in [1.54, 1.807) is 18.2 Å². The summed E-state index contributed by atoms with van der Waals surface area (Å²) >= 11 is 3.19. The van der Waals surface area contributed by atoms with Crippen molar-refractivity contribution >= 4 is 27.9 Å². The molecular formula is C16H16BrNO3. The molecule has 0 saturated carbocycles. The van der Waals surface area contributed by atoms with Crippen molar-refractivity contribution in [3.8, 4) is 0 Å². The monoisotopic (exact) mass is 349 g/mol. The van der Waals surface area contributed by atoms with E-state index in [4.69, 9.17) is 4.42 Å². The lowest BCUT2D eigenvalue weighted by atomic mass is 10.1. The molecule has 2 aromatic rings. The molecule has 2 N–H and O–H groups in total. The average molecular weight is 350 g/mol. The average Bonchev–Trinajstić information content (AvgIpc) is 2.91. The summed E-state index contributed by atoms with van der Waals surface area (Å²) in [7, 11) is 0. The van der Waals surface area contributed by atoms with E-state index >= 15 is 0 Å². The van der Waals surface area contributed by atoms with Crippen LogP contribution in [0.15, 0.2) is 57.6 Å². The molecule has 1 unspecified atom stereocenters. The first kappa shape index (κ1) is 15.5. The van der Waals surface area contributed by atoms with Crippen LogP contribution in [0.2, 0.25) is 0 Å². The minimum absolute atomic E-state index is 0.110. The van der Waals surface area contributed by atoms with Crippen LogP contribution >= 0.6 is 15.9 Å². The van der Waals surface area contributed by atoms with Gasteiger partial charge in [0.2, 0.25) is 5.91 Å². The van der Waals surface area contributed by atoms with Crippen LogP contribution in [0.1, 0.15) is 11.3 Å². The summed E-state index contributed by atoms with van der Waals surface area (Å²) in [4.78, 5) is 11.8. The molecule has 0 saturated heterocycles. The fourth-order valence-electron chi connectivity index (χ4n) is 1.88. The van der Waals surface area contributed by atoms with E-state index in [0.717, 1.165) is 5.56 Å². The van der Waals surface area contributed by atoms with Crippen LogP contribution in [0.5, 0.6) is 0 Å². The van der Waals surface area contributed by atoms with Crippen LogP contribution in [0, 0.1) is 0 Å². The molecule has 1 atom stereocenters. The zero-order valence-corrected chi connectivity index (χ0v) is 12.9. The molecule has 1 aromatic carbocycles. The van der Waals surface area contributed by atoms with Gasteiger partial charge in [0.1, 0.15) is 5.76 Å². The standard InChI is InChI=1S/C16H16BrNO3/c17-15-8-6-14(21-15)7-9-16(20)18-13(11-19)10-12-4-2-1-3-5-12/h1-9,13,19H,10-11H2,(H,18,20). The maximum absolute atomic E-state index is 11.8. The highest BCUT2D eigenvalue weighted by molar-refractivity contribution is 9.10. The van der Waals surface area contributed by atoms with E-state index in [9.17, 15) is 9.90 Å². The maximum atomic E-state index is 11.8. The summed E-state index contributed by atoms with van der Waals surface area (Å²) in [5.41, 5.74) is 1.07. The molecule has 1 heterocycles. The van der Waals surface area contributed by atoms with Gasteiger partial charge in [-0.1, -0.05) is 30.3 Å². The SMILES string of the molecule is O=C(C=Cc1ccc(Br)o1)NC(CO)Cc1ccccc1. The summed E-state index contributed by atoms with van der Waals surface area (Å²) in [5, 5.41) is 12.1. The number of halogens is 1. The molecule has 5 heteroatoms. The van der Waals surface area contributed by atoms with Gasteiger partial charge in [-0.3, -0.25) is 4.79 Å². The smallest absolute Gasteiger partial charge is 0.244 e. The molecule has 0 aliphatic carbocycles. The van der Waals surface area contributed by atoms with Crippen molar-refractivity contribution in [1.82, 2.24) is 5.32 Å². The van der Waals surface area contributed by atoms with Crippen LogP contribution in [0.4, 0.5) is 0 Å². The lowest BCUT2D eigenvalue weighted by Crippen LogP contribution is -2.38. The second kappa shape index (κ2) is 7.81. The number of hydrogen-bond acceptors (Lipinski definition) is 3. The molecule has 0 spiro atoms. The van der Waals surface area contributed by atoms with E-state index in [1.165, 1.54) is 6.08 Å². The Labute approximate surface area is 131 Å². The van der Waals surface area contributed by atoms with Crippen molar-refractivity contribution in [2.75, 3.05) is 6.61 Å². The highest BCUT2D eigenvalue weighted by Crippen LogP contribution is 2.14. The number of benzene rings is 1. The second-order valence-corrected chi connectivity index (χ2v) is 5.33. The Morgan fingerprint density at radius 1 is 1.29 bits per heavy atom. The first-order chi connectivity index (χ1) is 10.2. The van der Waals surface area contributed by atoms with Crippen molar-refractivity contribution in [1.29, 1.82) is 0 Å². The van der Waals surface area contributed by atoms with Crippen molar-refractivity contribution < 1.29 is 14.3 Å². The molecule has 110 valence electrons. The van der Waals surface area contributed by atoms with Crippen LogP contribution in [0.25, 0.3) is 6.08 Å². The predicted octanol–water partition coefficient (Wildman–Crippen LogP) is 2.78. The molecular weight excluding hydrogens is 334 g/mol. The molecule has 0 aliphatic rings. The molecule has 21 heavy (non-hydrogen) atoms. The van der Waals surface area contributed by atoms with Gasteiger partial charge in [0.15, 0.2) is 4.67 Å². The Bertz CT molecular complexity index is 607. The molecule has 1 aromatic heterocycles. The van der Waals surface area contributed by atoms with Crippen LogP contribution in [-0.2, 0) is 11.2 Å². The number of amides is 1. The predicted molar refractivity (Wildman–Crippen MR) is 84.6 cm³/mol. The van der Waals surface area contributed by atoms with Gasteiger partial charge < -0.3 is 14.8 Å². The quantitative estimate of drug-likeness (QED) is 0.788. The van der Waals surface area contributed by atoms with E-state index in [0.29, 0.717) is 16.9 Å². The zero-order chi connectivity index (χ0) is 15.1. The van der Waals surface area contributed by atoms with E-state index in [2.05, 4.69) is 21.2 Å². The van der Waals surface area contributed by atoms with E-state index < -0.39 is 0 Å². The molecule has 0 bridgehead atoms. The highest BCUT2D eigenvalue weighted by Gasteiger charge is 2.10. The maximum Gasteiger partial charge on any atom is 0.244 e. The van der Waals surface area contributed by atoms with E-state index in [-0.39, 0.29) is 18.6 Å². The van der Waals surface area contributed by atoms with Gasteiger partial charge in [0, 0.05) is 6.08 Å². The minimum atomic E-state index is -0.312. The summed E-state index contributed by atoms with van der Waals surface area (Å²) in [5.74, 6) is 0.318. The van der Waals surface area contributed by atoms with Gasteiger partial charge in [-0.2, -0.15) is 0 Å². The first-order valence-corrected chi connectivity index (χ1v) is 7.35. The molecule has 2 rings (SSSR count). The van der Waals surface area contributed by atoms with Gasteiger partial charge in [-0.25, -0.2) is 0 Å². The summed E-state index contributed by atoms with van der Waals surface area (Å²) in [6, 6.07) is 12.9. The number of carbonyl (C=O) groups excluding carboxylic acids is 1. The van der Waals surface area contributed by atoms with Gasteiger partial charge in [-0.05, 0) is 46.1 Å². The Balaban J connectivity index is 1.89. The largest absolute Gasteiger partial charge is 0.450 e. The molecule has 0 fully saturated rings. The van der Waals surface area contributed by atoms with Crippen molar-refractivity contribution in [2.24, 2.45) is 0 Å². The van der Waals surface area contributed by atoms with Crippen LogP contribution in [-0.4, -0.2) is 23.7 Å². The van der Waals surface area contributed by atoms with Gasteiger partial charge in [0.25, 0.3) is 0 Å². The summed E-state index contributed by atoms with van der Waals surface area (Å²) in [6.07, 6.45) is 3.55. The Morgan fingerprint density at radius 2 is 2.05 bits per heavy atom. The third-order valence-corrected chi connectivity index (χ3v) is 3.31. The first-order valence-electron chi connectivity index (χ1n) is 6.56. The summed E-state index contributed by atoms with van der Waals surface area (Å²) in [6.45, 7) is -0.110. The lowest BCUT2D eigenvalue weighted by molar-refractivity contribution is -0.117. The zero-order valence-electron chi connectivity index (χ0n) is 11.3. The third-order valence-electron chi connectivity index (χ3n) is 2.88. The highest BCUT2D eigenvalue weighted by atomic mass is 79.9. The number of nitrogens with one attached hydrogen (secondary N) is 1. The Kier molecular flexibility index (Phi) is 5.78. The number of aliphatic hydroxyl groups is 1. The molecule has 4 nitrogen and oxygen atoms in total. The fourth-order valence-corrected chi connectivity index (χ4v) is 2.20. The van der Waals surface area contributed by atoms with Crippen LogP contribution in [0.3, 0.4) is 0 Å². The van der Waals surface area contributed by atoms with E-state index in [1.807, 2.05) is 30.3 Å². The lowest BCUT2D eigenvalue weighted by Gasteiger charge is -2.15. The molecule has 0 radical (unpaired) electrons. The van der Waals surface area contributed by atoms with Crippen molar-refractivity contribution in [3.63, 3.8) is 0 Å². The van der Waals surface area contributed by atoms with Gasteiger partial charge in [-0.15, -0.1) is 0 Å². The van der Waals surface area contributed by atoms with Gasteiger partial charge >= 0.3 is 0 Å². The number of carbonyl (C=O) groups is 1. The van der Waals surface area contributed by atoms with Crippen molar-refractivity contribution in [3.05, 3.63) is 64.5 Å². The second-order valence-electron chi connectivity index (χ2n) is 4.55. The Morgan fingerprint density at radius 3 is 2.67 bits per heavy atom. The fraction of sp³-hybridized carbons (Fsp3) is 0.188. The number of hydrogen-bond donors (Lipinski definition) is 2. The number of rotatable bonds is 6. The third kappa shape index (κ3) is 5.21.